The van der Waals surface area contributed by atoms with Crippen molar-refractivity contribution in [3.05, 3.63) is 267 Å². The van der Waals surface area contributed by atoms with E-state index in [1.807, 2.05) is 12.1 Å². The first-order chi connectivity index (χ1) is 34.2. The molecule has 11 aromatic carbocycles. The Morgan fingerprint density at radius 3 is 1.45 bits per heavy atom. The molecular formula is C66H44N2O. The van der Waals surface area contributed by atoms with E-state index < -0.39 is 0 Å². The third-order valence-corrected chi connectivity index (χ3v) is 13.6. The van der Waals surface area contributed by atoms with Crippen LogP contribution in [0.25, 0.3) is 105 Å². The van der Waals surface area contributed by atoms with E-state index >= 15 is 0 Å². The number of nitrogens with zero attached hydrogens (tertiary/aromatic N) is 2. The molecular weight excluding hydrogens is 837 g/mol. The van der Waals surface area contributed by atoms with Crippen LogP contribution in [-0.2, 0) is 0 Å². The van der Waals surface area contributed by atoms with Crippen LogP contribution in [0.15, 0.2) is 271 Å². The molecule has 3 heteroatoms. The van der Waals surface area contributed by atoms with Crippen LogP contribution in [0.3, 0.4) is 0 Å². The predicted octanol–water partition coefficient (Wildman–Crippen LogP) is 18.5. The number of hydrogen-bond donors (Lipinski definition) is 0. The molecule has 0 fully saturated rings. The van der Waals surface area contributed by atoms with Crippen LogP contribution in [0, 0.1) is 0 Å². The molecule has 3 nitrogen and oxygen atoms in total. The average Bonchev–Trinajstić information content (AvgIpc) is 3.98. The molecule has 0 atom stereocenters. The zero-order valence-corrected chi connectivity index (χ0v) is 37.7. The van der Waals surface area contributed by atoms with Gasteiger partial charge in [-0.1, -0.05) is 206 Å². The first-order valence-electron chi connectivity index (χ1n) is 23.6. The highest BCUT2D eigenvalue weighted by Crippen LogP contribution is 2.43. The monoisotopic (exact) mass is 880 g/mol. The Kier molecular flexibility index (Phi) is 9.84. The van der Waals surface area contributed by atoms with Crippen LogP contribution in [-0.4, -0.2) is 4.57 Å². The van der Waals surface area contributed by atoms with Gasteiger partial charge in [-0.3, -0.25) is 0 Å². The molecule has 0 radical (unpaired) electrons. The van der Waals surface area contributed by atoms with E-state index in [0.717, 1.165) is 72.5 Å². The Morgan fingerprint density at radius 2 is 0.739 bits per heavy atom. The summed E-state index contributed by atoms with van der Waals surface area (Å²) in [7, 11) is 0. The lowest BCUT2D eigenvalue weighted by molar-refractivity contribution is 0.670. The first-order valence-corrected chi connectivity index (χ1v) is 23.6. The summed E-state index contributed by atoms with van der Waals surface area (Å²) in [6.45, 7) is 0. The molecule has 2 aromatic heterocycles. The maximum atomic E-state index is 6.38. The van der Waals surface area contributed by atoms with Crippen LogP contribution < -0.4 is 4.90 Å². The number of anilines is 3. The number of fused-ring (bicyclic) bond motifs is 6. The second-order valence-corrected chi connectivity index (χ2v) is 17.6. The zero-order valence-electron chi connectivity index (χ0n) is 37.7. The van der Waals surface area contributed by atoms with Gasteiger partial charge in [0.25, 0.3) is 0 Å². The highest BCUT2D eigenvalue weighted by Gasteiger charge is 2.19. The standard InChI is InChI=1S/C66H44N2O/c1-2-16-45(17-3-1)50-18-14-19-53(44-50)67(51-40-36-47(37-41-51)46-32-34-49(35-33-46)55-26-15-27-61-60-25-9-13-31-65(60)69-66(55)61)52-42-38-48(39-43-52)54-20-4-5-21-56(54)57-22-6-10-28-62(57)68-63-29-11-7-23-58(63)59-24-8-12-30-64(59)68/h1-44H. The van der Waals surface area contributed by atoms with Crippen LogP contribution in [0.4, 0.5) is 17.1 Å². The van der Waals surface area contributed by atoms with Crippen molar-refractivity contribution >= 4 is 60.8 Å². The first kappa shape index (κ1) is 40.1. The molecule has 69 heavy (non-hydrogen) atoms. The Morgan fingerprint density at radius 1 is 0.275 bits per heavy atom. The summed E-state index contributed by atoms with van der Waals surface area (Å²) in [4.78, 5) is 2.36. The van der Waals surface area contributed by atoms with Gasteiger partial charge in [0, 0.05) is 49.7 Å². The van der Waals surface area contributed by atoms with Crippen LogP contribution in [0.1, 0.15) is 0 Å². The van der Waals surface area contributed by atoms with Gasteiger partial charge in [0.15, 0.2) is 0 Å². The summed E-state index contributed by atoms with van der Waals surface area (Å²) in [6, 6.07) is 96.0. The summed E-state index contributed by atoms with van der Waals surface area (Å²) in [6.07, 6.45) is 0. The topological polar surface area (TPSA) is 21.3 Å². The lowest BCUT2D eigenvalue weighted by Gasteiger charge is -2.26. The van der Waals surface area contributed by atoms with Crippen LogP contribution >= 0.6 is 0 Å². The highest BCUT2D eigenvalue weighted by atomic mass is 16.3. The molecule has 324 valence electrons. The van der Waals surface area contributed by atoms with Gasteiger partial charge in [0.2, 0.25) is 0 Å². The van der Waals surface area contributed by atoms with Crippen molar-refractivity contribution < 1.29 is 4.42 Å². The van der Waals surface area contributed by atoms with Crippen molar-refractivity contribution in [2.45, 2.75) is 0 Å². The van der Waals surface area contributed by atoms with Gasteiger partial charge in [-0.05, 0) is 105 Å². The van der Waals surface area contributed by atoms with E-state index in [1.54, 1.807) is 0 Å². The van der Waals surface area contributed by atoms with Crippen molar-refractivity contribution in [3.63, 3.8) is 0 Å². The van der Waals surface area contributed by atoms with Gasteiger partial charge in [-0.2, -0.15) is 0 Å². The van der Waals surface area contributed by atoms with Gasteiger partial charge in [0.05, 0.1) is 16.7 Å². The molecule has 0 aliphatic heterocycles. The van der Waals surface area contributed by atoms with E-state index in [0.29, 0.717) is 0 Å². The fourth-order valence-corrected chi connectivity index (χ4v) is 10.4. The summed E-state index contributed by atoms with van der Waals surface area (Å²) >= 11 is 0. The number of rotatable bonds is 9. The van der Waals surface area contributed by atoms with E-state index in [1.165, 1.54) is 49.6 Å². The van der Waals surface area contributed by atoms with E-state index in [2.05, 4.69) is 264 Å². The molecule has 0 aliphatic carbocycles. The van der Waals surface area contributed by atoms with Crippen molar-refractivity contribution in [1.29, 1.82) is 0 Å². The molecule has 13 rings (SSSR count). The Balaban J connectivity index is 0.863. The molecule has 0 amide bonds. The lowest BCUT2D eigenvalue weighted by Crippen LogP contribution is -2.10. The minimum Gasteiger partial charge on any atom is -0.455 e. The summed E-state index contributed by atoms with van der Waals surface area (Å²) < 4.78 is 8.80. The smallest absolute Gasteiger partial charge is 0.143 e. The highest BCUT2D eigenvalue weighted by molar-refractivity contribution is 6.11. The van der Waals surface area contributed by atoms with Gasteiger partial charge < -0.3 is 13.9 Å². The number of aromatic nitrogens is 1. The van der Waals surface area contributed by atoms with Gasteiger partial charge >= 0.3 is 0 Å². The zero-order chi connectivity index (χ0) is 45.7. The van der Waals surface area contributed by atoms with Crippen molar-refractivity contribution in [2.75, 3.05) is 4.90 Å². The predicted molar refractivity (Wildman–Crippen MR) is 290 cm³/mol. The molecule has 0 N–H and O–H groups in total. The van der Waals surface area contributed by atoms with Crippen LogP contribution in [0.2, 0.25) is 0 Å². The Hall–Kier alpha value is -9.18. The molecule has 0 bridgehead atoms. The second-order valence-electron chi connectivity index (χ2n) is 17.6. The van der Waals surface area contributed by atoms with Crippen LogP contribution in [0.5, 0.6) is 0 Å². The maximum absolute atomic E-state index is 6.38. The summed E-state index contributed by atoms with van der Waals surface area (Å²) in [5, 5.41) is 4.78. The quantitative estimate of drug-likeness (QED) is 0.144. The third-order valence-electron chi connectivity index (χ3n) is 13.6. The molecule has 0 saturated carbocycles. The minimum atomic E-state index is 0.910. The number of benzene rings is 11. The third kappa shape index (κ3) is 7.08. The van der Waals surface area contributed by atoms with E-state index in [-0.39, 0.29) is 0 Å². The lowest BCUT2D eigenvalue weighted by atomic mass is 9.93. The maximum Gasteiger partial charge on any atom is 0.143 e. The van der Waals surface area contributed by atoms with Gasteiger partial charge in [-0.15, -0.1) is 0 Å². The SMILES string of the molecule is c1ccc(-c2cccc(N(c3ccc(-c4ccc(-c5cccc6c5oc5ccccc56)cc4)cc3)c3ccc(-c4ccccc4-c4ccccc4-n4c5ccccc5c5ccccc54)cc3)c2)cc1. The molecule has 0 saturated heterocycles. The van der Waals surface area contributed by atoms with Gasteiger partial charge in [0.1, 0.15) is 11.2 Å². The number of hydrogen-bond acceptors (Lipinski definition) is 2. The van der Waals surface area contributed by atoms with Crippen molar-refractivity contribution in [2.24, 2.45) is 0 Å². The Bertz CT molecular complexity index is 3940. The minimum absolute atomic E-state index is 0.910. The van der Waals surface area contributed by atoms with Crippen molar-refractivity contribution in [3.8, 4) is 61.3 Å². The summed E-state index contributed by atoms with van der Waals surface area (Å²) in [5.74, 6) is 0. The largest absolute Gasteiger partial charge is 0.455 e. The van der Waals surface area contributed by atoms with E-state index in [9.17, 15) is 0 Å². The second kappa shape index (κ2) is 16.9. The molecule has 13 aromatic rings. The average molecular weight is 881 g/mol. The Labute approximate surface area is 401 Å². The number of furan rings is 1. The fourth-order valence-electron chi connectivity index (χ4n) is 10.4. The fraction of sp³-hybridized carbons (Fsp3) is 0. The molecule has 0 aliphatic rings. The van der Waals surface area contributed by atoms with Gasteiger partial charge in [-0.25, -0.2) is 0 Å². The normalized spacial score (nSPS) is 11.5. The number of para-hydroxylation sites is 5. The summed E-state index contributed by atoms with van der Waals surface area (Å²) in [5.41, 5.74) is 20.2. The molecule has 0 spiro atoms. The van der Waals surface area contributed by atoms with E-state index in [4.69, 9.17) is 4.42 Å². The molecule has 2 heterocycles. The van der Waals surface area contributed by atoms with Crippen molar-refractivity contribution in [1.82, 2.24) is 4.57 Å². The molecule has 0 unspecified atom stereocenters.